The van der Waals surface area contributed by atoms with Gasteiger partial charge in [0.1, 0.15) is 28.5 Å². The number of hydrogen-bond acceptors (Lipinski definition) is 7. The van der Waals surface area contributed by atoms with Crippen molar-refractivity contribution in [3.63, 3.8) is 0 Å². The van der Waals surface area contributed by atoms with Crippen LogP contribution < -0.4 is 14.2 Å². The van der Waals surface area contributed by atoms with E-state index in [2.05, 4.69) is 18.8 Å². The highest BCUT2D eigenvalue weighted by molar-refractivity contribution is 5.96. The number of fused-ring (bicyclic) bond motifs is 2. The van der Waals surface area contributed by atoms with Crippen molar-refractivity contribution in [2.75, 3.05) is 13.2 Å². The summed E-state index contributed by atoms with van der Waals surface area (Å²) in [5.74, 6) is 1.45. The molecule has 1 aromatic heterocycles. The molecule has 0 aliphatic carbocycles. The number of aromatic nitrogens is 1. The van der Waals surface area contributed by atoms with Crippen LogP contribution in [0, 0.1) is 0 Å². The van der Waals surface area contributed by atoms with E-state index in [1.807, 2.05) is 48.5 Å². The Morgan fingerprint density at radius 1 is 0.585 bits per heavy atom. The molecule has 53 heavy (non-hydrogen) atoms. The number of oxazole rings is 1. The summed E-state index contributed by atoms with van der Waals surface area (Å²) in [7, 11) is 0. The van der Waals surface area contributed by atoms with Gasteiger partial charge in [-0.15, -0.1) is 0 Å². The number of carbonyl (C=O) groups excluding carboxylic acids is 1. The summed E-state index contributed by atoms with van der Waals surface area (Å²) in [4.78, 5) is 17.6. The number of phenols is 1. The zero-order valence-corrected chi connectivity index (χ0v) is 32.0. The molecule has 1 N–H and O–H groups in total. The molecule has 4 aromatic carbocycles. The van der Waals surface area contributed by atoms with Crippen LogP contribution in [0.2, 0.25) is 0 Å². The Kier molecular flexibility index (Phi) is 16.4. The van der Waals surface area contributed by atoms with Gasteiger partial charge in [0, 0.05) is 12.1 Å². The van der Waals surface area contributed by atoms with Gasteiger partial charge in [-0.3, -0.25) is 0 Å². The molecule has 5 aromatic rings. The quantitative estimate of drug-likeness (QED) is 0.0364. The normalized spacial score (nSPS) is 11.4. The molecule has 0 atom stereocenters. The van der Waals surface area contributed by atoms with Gasteiger partial charge in [-0.05, 0) is 72.1 Å². The Morgan fingerprint density at radius 3 is 1.74 bits per heavy atom. The van der Waals surface area contributed by atoms with Crippen molar-refractivity contribution >= 4 is 27.8 Å². The first kappa shape index (κ1) is 39.7. The van der Waals surface area contributed by atoms with Crippen molar-refractivity contribution in [3.8, 4) is 34.5 Å². The first-order valence-corrected chi connectivity index (χ1v) is 20.3. The van der Waals surface area contributed by atoms with Gasteiger partial charge >= 0.3 is 5.97 Å². The minimum Gasteiger partial charge on any atom is -0.507 e. The van der Waals surface area contributed by atoms with Crippen LogP contribution in [-0.4, -0.2) is 29.3 Å². The van der Waals surface area contributed by atoms with Crippen LogP contribution in [0.25, 0.3) is 33.3 Å². The summed E-state index contributed by atoms with van der Waals surface area (Å²) >= 11 is 0. The molecular weight excluding hydrogens is 663 g/mol. The summed E-state index contributed by atoms with van der Waals surface area (Å²) in [6, 6.07) is 21.6. The molecule has 1 heterocycles. The van der Waals surface area contributed by atoms with Crippen molar-refractivity contribution in [3.05, 3.63) is 78.4 Å². The topological polar surface area (TPSA) is 91.0 Å². The van der Waals surface area contributed by atoms with Crippen molar-refractivity contribution in [2.45, 2.75) is 129 Å². The lowest BCUT2D eigenvalue weighted by Gasteiger charge is -2.09. The SMILES string of the molecule is CCCCCCCCCCCCOc1ccc2nc(-c3ccc(OC(=O)c4ccc5cc(OCCCCCCCCCC)ccc5c4)cc3O)oc2c1. The van der Waals surface area contributed by atoms with Crippen molar-refractivity contribution in [1.82, 2.24) is 4.98 Å². The average molecular weight is 722 g/mol. The van der Waals surface area contributed by atoms with Gasteiger partial charge in [-0.1, -0.05) is 129 Å². The number of nitrogens with zero attached hydrogens (tertiary/aromatic N) is 1. The van der Waals surface area contributed by atoms with Crippen LogP contribution >= 0.6 is 0 Å². The van der Waals surface area contributed by atoms with Gasteiger partial charge in [0.05, 0.1) is 24.3 Å². The maximum atomic E-state index is 13.1. The van der Waals surface area contributed by atoms with Crippen LogP contribution in [0.5, 0.6) is 23.0 Å². The predicted octanol–water partition coefficient (Wildman–Crippen LogP) is 13.4. The fourth-order valence-corrected chi connectivity index (χ4v) is 6.68. The summed E-state index contributed by atoms with van der Waals surface area (Å²) in [5, 5.41) is 12.8. The highest BCUT2D eigenvalue weighted by Gasteiger charge is 2.16. The molecule has 0 amide bonds. The number of carbonyl (C=O) groups is 1. The molecule has 0 aliphatic heterocycles. The number of benzene rings is 4. The Hall–Kier alpha value is -4.52. The number of aromatic hydroxyl groups is 1. The molecule has 5 rings (SSSR count). The third-order valence-corrected chi connectivity index (χ3v) is 9.85. The number of rotatable bonds is 25. The molecule has 0 radical (unpaired) electrons. The van der Waals surface area contributed by atoms with E-state index < -0.39 is 5.97 Å². The highest BCUT2D eigenvalue weighted by Crippen LogP contribution is 2.35. The number of hydrogen-bond donors (Lipinski definition) is 1. The molecule has 0 spiro atoms. The van der Waals surface area contributed by atoms with Gasteiger partial charge in [-0.25, -0.2) is 9.78 Å². The second-order valence-electron chi connectivity index (χ2n) is 14.3. The van der Waals surface area contributed by atoms with Crippen LogP contribution in [-0.2, 0) is 0 Å². The Bertz CT molecular complexity index is 1850. The molecule has 0 aliphatic rings. The zero-order chi connectivity index (χ0) is 37.1. The third-order valence-electron chi connectivity index (χ3n) is 9.85. The molecule has 0 bridgehead atoms. The fraction of sp³-hybridized carbons (Fsp3) is 0.478. The number of esters is 1. The maximum absolute atomic E-state index is 13.1. The van der Waals surface area contributed by atoms with E-state index in [1.165, 1.54) is 109 Å². The molecule has 284 valence electrons. The molecule has 7 nitrogen and oxygen atoms in total. The molecule has 0 unspecified atom stereocenters. The lowest BCUT2D eigenvalue weighted by Crippen LogP contribution is -2.08. The minimum atomic E-state index is -0.513. The van der Waals surface area contributed by atoms with Crippen molar-refractivity contribution in [2.24, 2.45) is 0 Å². The van der Waals surface area contributed by atoms with Crippen LogP contribution in [0.1, 0.15) is 140 Å². The van der Waals surface area contributed by atoms with Crippen LogP contribution in [0.4, 0.5) is 0 Å². The minimum absolute atomic E-state index is 0.0997. The maximum Gasteiger partial charge on any atom is 0.343 e. The molecule has 0 saturated carbocycles. The summed E-state index contributed by atoms with van der Waals surface area (Å²) < 4.78 is 23.6. The molecule has 0 fully saturated rings. The summed E-state index contributed by atoms with van der Waals surface area (Å²) in [6.07, 6.45) is 23.0. The van der Waals surface area contributed by atoms with E-state index >= 15 is 0 Å². The third kappa shape index (κ3) is 12.8. The van der Waals surface area contributed by atoms with Gasteiger partial charge < -0.3 is 23.7 Å². The smallest absolute Gasteiger partial charge is 0.343 e. The van der Waals surface area contributed by atoms with E-state index in [-0.39, 0.29) is 17.4 Å². The van der Waals surface area contributed by atoms with Crippen molar-refractivity contribution < 1.29 is 28.5 Å². The number of ether oxygens (including phenoxy) is 3. The van der Waals surface area contributed by atoms with Gasteiger partial charge in [-0.2, -0.15) is 0 Å². The van der Waals surface area contributed by atoms with E-state index in [9.17, 15) is 9.90 Å². The van der Waals surface area contributed by atoms with Gasteiger partial charge in [0.15, 0.2) is 5.58 Å². The molecule has 7 heteroatoms. The highest BCUT2D eigenvalue weighted by atomic mass is 16.5. The van der Waals surface area contributed by atoms with Gasteiger partial charge in [0.2, 0.25) is 5.89 Å². The summed E-state index contributed by atoms with van der Waals surface area (Å²) in [6.45, 7) is 5.88. The van der Waals surface area contributed by atoms with E-state index in [0.29, 0.717) is 35.4 Å². The number of phenolic OH excluding ortho intramolecular Hbond substituents is 1. The fourth-order valence-electron chi connectivity index (χ4n) is 6.68. The van der Waals surface area contributed by atoms with Crippen LogP contribution in [0.3, 0.4) is 0 Å². The zero-order valence-electron chi connectivity index (χ0n) is 32.0. The van der Waals surface area contributed by atoms with Gasteiger partial charge in [0.25, 0.3) is 0 Å². The Balaban J connectivity index is 1.07. The molecule has 0 saturated heterocycles. The van der Waals surface area contributed by atoms with E-state index in [4.69, 9.17) is 18.6 Å². The predicted molar refractivity (Wildman–Crippen MR) is 215 cm³/mol. The lowest BCUT2D eigenvalue weighted by atomic mass is 10.1. The summed E-state index contributed by atoms with van der Waals surface area (Å²) in [5.41, 5.74) is 2.06. The van der Waals surface area contributed by atoms with E-state index in [0.717, 1.165) is 35.1 Å². The first-order chi connectivity index (χ1) is 26.0. The lowest BCUT2D eigenvalue weighted by molar-refractivity contribution is 0.0734. The van der Waals surface area contributed by atoms with E-state index in [1.54, 1.807) is 18.2 Å². The Labute approximate surface area is 316 Å². The number of unbranched alkanes of at least 4 members (excludes halogenated alkanes) is 16. The second kappa shape index (κ2) is 21.9. The average Bonchev–Trinajstić information content (AvgIpc) is 3.59. The largest absolute Gasteiger partial charge is 0.507 e. The standard InChI is InChI=1S/C46H59NO6/c1-3-5-7-9-11-13-14-16-18-20-30-51-39-26-28-42-44(34-39)53-45(47-42)41-27-25-40(33-43(41)48)52-46(49)37-22-21-36-32-38(24-23-35(36)31-37)50-29-19-17-15-12-10-8-6-4-2/h21-28,31-34,48H,3-20,29-30H2,1-2H3. The second-order valence-corrected chi connectivity index (χ2v) is 14.3. The monoisotopic (exact) mass is 721 g/mol. The molecular formula is C46H59NO6. The van der Waals surface area contributed by atoms with Crippen LogP contribution in [0.15, 0.2) is 77.2 Å². The first-order valence-electron chi connectivity index (χ1n) is 20.3. The Morgan fingerprint density at radius 2 is 1.11 bits per heavy atom. The van der Waals surface area contributed by atoms with Crippen molar-refractivity contribution in [1.29, 1.82) is 0 Å².